The average molecular weight is 396 g/mol. The van der Waals surface area contributed by atoms with E-state index in [1.807, 2.05) is 12.1 Å². The van der Waals surface area contributed by atoms with Gasteiger partial charge in [-0.25, -0.2) is 0 Å². The van der Waals surface area contributed by atoms with Crippen LogP contribution >= 0.6 is 0 Å². The summed E-state index contributed by atoms with van der Waals surface area (Å²) in [7, 11) is 3.35. The molecule has 0 spiro atoms. The van der Waals surface area contributed by atoms with Gasteiger partial charge >= 0.3 is 0 Å². The highest BCUT2D eigenvalue weighted by Gasteiger charge is 2.14. The zero-order chi connectivity index (χ0) is 21.6. The Labute approximate surface area is 172 Å². The van der Waals surface area contributed by atoms with Crippen LogP contribution in [0.1, 0.15) is 53.5 Å². The molecular weight excluding hydrogens is 366 g/mol. The van der Waals surface area contributed by atoms with Gasteiger partial charge in [0.2, 0.25) is 5.91 Å². The van der Waals surface area contributed by atoms with Crippen LogP contribution in [-0.4, -0.2) is 43.3 Å². The number of nitrogens with zero attached hydrogens (tertiary/aromatic N) is 1. The predicted molar refractivity (Wildman–Crippen MR) is 115 cm³/mol. The van der Waals surface area contributed by atoms with Gasteiger partial charge in [-0.3, -0.25) is 14.4 Å². The number of hydrogen-bond acceptors (Lipinski definition) is 3. The van der Waals surface area contributed by atoms with Crippen molar-refractivity contribution in [2.45, 2.75) is 32.6 Å². The van der Waals surface area contributed by atoms with E-state index >= 15 is 0 Å². The van der Waals surface area contributed by atoms with Gasteiger partial charge in [-0.05, 0) is 41.3 Å². The van der Waals surface area contributed by atoms with Gasteiger partial charge in [-0.15, -0.1) is 0 Å². The first-order valence-corrected chi connectivity index (χ1v) is 9.58. The highest BCUT2D eigenvalue weighted by Crippen LogP contribution is 2.22. The van der Waals surface area contributed by atoms with Crippen molar-refractivity contribution in [1.82, 2.24) is 10.2 Å². The molecule has 0 radical (unpaired) electrons. The normalized spacial score (nSPS) is 10.9. The summed E-state index contributed by atoms with van der Waals surface area (Å²) in [4.78, 5) is 37.9. The molecule has 2 aromatic carbocycles. The fraction of sp³-hybridized carbons (Fsp3) is 0.348. The average Bonchev–Trinajstić information content (AvgIpc) is 2.66. The van der Waals surface area contributed by atoms with Gasteiger partial charge in [0, 0.05) is 43.9 Å². The molecule has 2 aromatic rings. The van der Waals surface area contributed by atoms with Crippen molar-refractivity contribution in [1.29, 1.82) is 0 Å². The van der Waals surface area contributed by atoms with Gasteiger partial charge in [0.1, 0.15) is 0 Å². The summed E-state index contributed by atoms with van der Waals surface area (Å²) >= 11 is 0. The van der Waals surface area contributed by atoms with Crippen molar-refractivity contribution < 1.29 is 14.4 Å². The maximum Gasteiger partial charge on any atom is 0.253 e. The van der Waals surface area contributed by atoms with Crippen molar-refractivity contribution >= 4 is 23.4 Å². The molecule has 2 rings (SSSR count). The molecule has 0 aliphatic heterocycles. The monoisotopic (exact) mass is 395 g/mol. The summed E-state index contributed by atoms with van der Waals surface area (Å²) in [5, 5.41) is 5.51. The number of anilines is 1. The van der Waals surface area contributed by atoms with E-state index in [-0.39, 0.29) is 36.1 Å². The second-order valence-corrected chi connectivity index (χ2v) is 8.16. The van der Waals surface area contributed by atoms with Crippen LogP contribution < -0.4 is 10.6 Å². The van der Waals surface area contributed by atoms with Crippen LogP contribution in [0.4, 0.5) is 5.69 Å². The molecule has 29 heavy (non-hydrogen) atoms. The Balaban J connectivity index is 1.85. The van der Waals surface area contributed by atoms with E-state index in [9.17, 15) is 14.4 Å². The van der Waals surface area contributed by atoms with E-state index in [0.717, 1.165) is 5.56 Å². The highest BCUT2D eigenvalue weighted by atomic mass is 16.2. The molecule has 154 valence electrons. The third-order valence-corrected chi connectivity index (χ3v) is 4.45. The van der Waals surface area contributed by atoms with Gasteiger partial charge in [0.15, 0.2) is 0 Å². The molecule has 0 bridgehead atoms. The lowest BCUT2D eigenvalue weighted by molar-refractivity contribution is -0.116. The van der Waals surface area contributed by atoms with Crippen LogP contribution in [0.3, 0.4) is 0 Å². The van der Waals surface area contributed by atoms with E-state index < -0.39 is 0 Å². The van der Waals surface area contributed by atoms with Crippen molar-refractivity contribution in [2.24, 2.45) is 0 Å². The number of hydrogen-bond donors (Lipinski definition) is 2. The number of nitrogens with one attached hydrogen (secondary N) is 2. The van der Waals surface area contributed by atoms with Gasteiger partial charge in [-0.1, -0.05) is 39.0 Å². The Kier molecular flexibility index (Phi) is 7.15. The lowest BCUT2D eigenvalue weighted by atomic mass is 9.87. The molecule has 6 nitrogen and oxygen atoms in total. The fourth-order valence-corrected chi connectivity index (χ4v) is 2.72. The quantitative estimate of drug-likeness (QED) is 0.786. The molecule has 0 aliphatic carbocycles. The van der Waals surface area contributed by atoms with E-state index in [4.69, 9.17) is 0 Å². The van der Waals surface area contributed by atoms with Gasteiger partial charge in [0.05, 0.1) is 0 Å². The minimum Gasteiger partial charge on any atom is -0.352 e. The van der Waals surface area contributed by atoms with E-state index in [2.05, 4.69) is 31.4 Å². The maximum absolute atomic E-state index is 12.2. The molecule has 0 atom stereocenters. The molecular formula is C23H29N3O3. The van der Waals surface area contributed by atoms with Crippen molar-refractivity contribution in [3.05, 3.63) is 65.2 Å². The molecule has 0 unspecified atom stereocenters. The minimum atomic E-state index is -0.233. The standard InChI is InChI=1S/C23H29N3O3/c1-23(2,3)18-11-9-16(10-12-18)21(28)24-14-13-20(27)25-19-8-6-7-17(15-19)22(29)26(4)5/h6-12,15H,13-14H2,1-5H3,(H,24,28)(H,25,27). The van der Waals surface area contributed by atoms with E-state index in [1.54, 1.807) is 50.5 Å². The molecule has 3 amide bonds. The lowest BCUT2D eigenvalue weighted by Crippen LogP contribution is -2.27. The zero-order valence-corrected chi connectivity index (χ0v) is 17.7. The Morgan fingerprint density at radius 3 is 2.17 bits per heavy atom. The van der Waals surface area contributed by atoms with Gasteiger partial charge < -0.3 is 15.5 Å². The van der Waals surface area contributed by atoms with Crippen LogP contribution in [0.25, 0.3) is 0 Å². The Bertz CT molecular complexity index is 881. The number of benzene rings is 2. The third kappa shape index (κ3) is 6.45. The highest BCUT2D eigenvalue weighted by molar-refractivity contribution is 5.97. The summed E-state index contributed by atoms with van der Waals surface area (Å²) < 4.78 is 0. The first-order valence-electron chi connectivity index (χ1n) is 9.58. The molecule has 0 aliphatic rings. The van der Waals surface area contributed by atoms with Crippen molar-refractivity contribution in [3.63, 3.8) is 0 Å². The predicted octanol–water partition coefficient (Wildman–Crippen LogP) is 3.44. The molecule has 6 heteroatoms. The first-order chi connectivity index (χ1) is 13.6. The lowest BCUT2D eigenvalue weighted by Gasteiger charge is -2.19. The number of amides is 3. The molecule has 0 aromatic heterocycles. The molecule has 0 saturated carbocycles. The molecule has 2 N–H and O–H groups in total. The SMILES string of the molecule is CN(C)C(=O)c1cccc(NC(=O)CCNC(=O)c2ccc(C(C)(C)C)cc2)c1. The van der Waals surface area contributed by atoms with Crippen LogP contribution in [0.5, 0.6) is 0 Å². The fourth-order valence-electron chi connectivity index (χ4n) is 2.72. The molecule has 0 heterocycles. The van der Waals surface area contributed by atoms with E-state index in [1.165, 1.54) is 4.90 Å². The van der Waals surface area contributed by atoms with Crippen LogP contribution in [0.15, 0.2) is 48.5 Å². The van der Waals surface area contributed by atoms with Crippen molar-refractivity contribution in [3.8, 4) is 0 Å². The number of carbonyl (C=O) groups excluding carboxylic acids is 3. The smallest absolute Gasteiger partial charge is 0.253 e. The van der Waals surface area contributed by atoms with Gasteiger partial charge in [-0.2, -0.15) is 0 Å². The summed E-state index contributed by atoms with van der Waals surface area (Å²) in [5.41, 5.74) is 2.80. The van der Waals surface area contributed by atoms with Crippen molar-refractivity contribution in [2.75, 3.05) is 26.0 Å². The Morgan fingerprint density at radius 1 is 0.931 bits per heavy atom. The summed E-state index contributed by atoms with van der Waals surface area (Å²) in [6.45, 7) is 6.58. The van der Waals surface area contributed by atoms with Crippen LogP contribution in [0, 0.1) is 0 Å². The Morgan fingerprint density at radius 2 is 1.59 bits per heavy atom. The summed E-state index contributed by atoms with van der Waals surface area (Å²) in [6.07, 6.45) is 0.137. The molecule has 0 saturated heterocycles. The largest absolute Gasteiger partial charge is 0.352 e. The first kappa shape index (κ1) is 22.1. The number of carbonyl (C=O) groups is 3. The second kappa shape index (κ2) is 9.37. The number of rotatable bonds is 6. The Hall–Kier alpha value is -3.15. The zero-order valence-electron chi connectivity index (χ0n) is 17.7. The summed E-state index contributed by atoms with van der Waals surface area (Å²) in [5.74, 6) is -0.578. The van der Waals surface area contributed by atoms with Crippen LogP contribution in [-0.2, 0) is 10.2 Å². The van der Waals surface area contributed by atoms with E-state index in [0.29, 0.717) is 16.8 Å². The van der Waals surface area contributed by atoms with Gasteiger partial charge in [0.25, 0.3) is 11.8 Å². The van der Waals surface area contributed by atoms with Crippen LogP contribution in [0.2, 0.25) is 0 Å². The topological polar surface area (TPSA) is 78.5 Å². The maximum atomic E-state index is 12.2. The molecule has 0 fully saturated rings. The third-order valence-electron chi connectivity index (χ3n) is 4.45. The second-order valence-electron chi connectivity index (χ2n) is 8.16. The summed E-state index contributed by atoms with van der Waals surface area (Å²) in [6, 6.07) is 14.3. The minimum absolute atomic E-state index is 0.0293.